The van der Waals surface area contributed by atoms with E-state index in [1.165, 1.54) is 25.7 Å². The summed E-state index contributed by atoms with van der Waals surface area (Å²) >= 11 is 0. The molecule has 5 nitrogen and oxygen atoms in total. The third-order valence-corrected chi connectivity index (χ3v) is 5.67. The minimum absolute atomic E-state index is 0.0424. The Balaban J connectivity index is 1.55. The standard InChI is InChI=1S/C19H29N3O2/c1-14-6-7-17(21-13-14)19(24)8-10-22(11-9-19)18(23)16(20)12-15-4-2-3-5-15/h6-7,13,15-16,24H,2-5,8-12,20H2,1H3/t16-/m0/s1. The first-order valence-corrected chi connectivity index (χ1v) is 9.18. The van der Waals surface area contributed by atoms with Crippen molar-refractivity contribution in [1.29, 1.82) is 0 Å². The summed E-state index contributed by atoms with van der Waals surface area (Å²) in [6, 6.07) is 3.46. The van der Waals surface area contributed by atoms with Crippen LogP contribution in [0.2, 0.25) is 0 Å². The highest BCUT2D eigenvalue weighted by Gasteiger charge is 2.37. The second kappa shape index (κ2) is 7.19. The lowest BCUT2D eigenvalue weighted by Gasteiger charge is -2.38. The predicted octanol–water partition coefficient (Wildman–Crippen LogP) is 2.11. The van der Waals surface area contributed by atoms with Gasteiger partial charge in [-0.3, -0.25) is 9.78 Å². The first-order chi connectivity index (χ1) is 11.5. The Hall–Kier alpha value is -1.46. The molecule has 0 bridgehead atoms. The lowest BCUT2D eigenvalue weighted by molar-refractivity contribution is -0.137. The van der Waals surface area contributed by atoms with Crippen LogP contribution in [0.15, 0.2) is 18.3 Å². The van der Waals surface area contributed by atoms with Crippen LogP contribution in [0.5, 0.6) is 0 Å². The average molecular weight is 331 g/mol. The number of pyridine rings is 1. The van der Waals surface area contributed by atoms with Crippen molar-refractivity contribution in [2.24, 2.45) is 11.7 Å². The summed E-state index contributed by atoms with van der Waals surface area (Å²) in [4.78, 5) is 18.8. The van der Waals surface area contributed by atoms with Crippen LogP contribution in [0.3, 0.4) is 0 Å². The molecule has 0 radical (unpaired) electrons. The number of rotatable bonds is 4. The SMILES string of the molecule is Cc1ccc(C2(O)CCN(C(=O)[C@@H](N)CC3CCCC3)CC2)nc1. The van der Waals surface area contributed by atoms with Crippen LogP contribution in [0, 0.1) is 12.8 Å². The summed E-state index contributed by atoms with van der Waals surface area (Å²) in [6.07, 6.45) is 8.58. The van der Waals surface area contributed by atoms with Gasteiger partial charge in [0.2, 0.25) is 5.91 Å². The van der Waals surface area contributed by atoms with E-state index in [1.54, 1.807) is 6.20 Å². The highest BCUT2D eigenvalue weighted by molar-refractivity contribution is 5.81. The fraction of sp³-hybridized carbons (Fsp3) is 0.684. The van der Waals surface area contributed by atoms with Crippen molar-refractivity contribution in [3.63, 3.8) is 0 Å². The van der Waals surface area contributed by atoms with Crippen LogP contribution in [0.4, 0.5) is 0 Å². The third kappa shape index (κ3) is 3.78. The van der Waals surface area contributed by atoms with Crippen LogP contribution in [0.25, 0.3) is 0 Å². The first kappa shape index (κ1) is 17.4. The molecule has 1 aromatic rings. The molecular formula is C19H29N3O2. The Morgan fingerprint density at radius 1 is 1.38 bits per heavy atom. The van der Waals surface area contributed by atoms with Gasteiger partial charge in [-0.2, -0.15) is 0 Å². The van der Waals surface area contributed by atoms with Crippen LogP contribution < -0.4 is 5.73 Å². The fourth-order valence-electron chi connectivity index (χ4n) is 4.04. The molecule has 1 saturated carbocycles. The maximum Gasteiger partial charge on any atom is 0.239 e. The largest absolute Gasteiger partial charge is 0.383 e. The number of nitrogens with zero attached hydrogens (tertiary/aromatic N) is 2. The zero-order chi connectivity index (χ0) is 17.2. The molecule has 1 atom stereocenters. The van der Waals surface area contributed by atoms with Gasteiger partial charge >= 0.3 is 0 Å². The molecule has 2 aliphatic rings. The van der Waals surface area contributed by atoms with E-state index in [4.69, 9.17) is 5.73 Å². The topological polar surface area (TPSA) is 79.5 Å². The molecule has 1 aliphatic heterocycles. The van der Waals surface area contributed by atoms with Crippen LogP contribution >= 0.6 is 0 Å². The molecule has 3 N–H and O–H groups in total. The normalized spacial score (nSPS) is 22.5. The molecule has 0 spiro atoms. The lowest BCUT2D eigenvalue weighted by atomic mass is 9.87. The molecule has 2 fully saturated rings. The van der Waals surface area contributed by atoms with Crippen molar-refractivity contribution in [3.05, 3.63) is 29.6 Å². The van der Waals surface area contributed by atoms with Gasteiger partial charge in [-0.15, -0.1) is 0 Å². The van der Waals surface area contributed by atoms with Crippen LogP contribution in [-0.2, 0) is 10.4 Å². The Kier molecular flexibility index (Phi) is 5.21. The van der Waals surface area contributed by atoms with Gasteiger partial charge in [0.1, 0.15) is 5.60 Å². The van der Waals surface area contributed by atoms with Gasteiger partial charge < -0.3 is 15.7 Å². The van der Waals surface area contributed by atoms with Crippen molar-refractivity contribution >= 4 is 5.91 Å². The number of amides is 1. The minimum Gasteiger partial charge on any atom is -0.383 e. The Morgan fingerprint density at radius 3 is 2.62 bits per heavy atom. The quantitative estimate of drug-likeness (QED) is 0.885. The van der Waals surface area contributed by atoms with Crippen LogP contribution in [0.1, 0.15) is 56.2 Å². The minimum atomic E-state index is -0.931. The Labute approximate surface area is 144 Å². The van der Waals surface area contributed by atoms with E-state index in [9.17, 15) is 9.90 Å². The molecule has 0 unspecified atom stereocenters. The Morgan fingerprint density at radius 2 is 2.04 bits per heavy atom. The number of piperidine rings is 1. The molecule has 1 aliphatic carbocycles. The molecule has 2 heterocycles. The molecule has 24 heavy (non-hydrogen) atoms. The smallest absolute Gasteiger partial charge is 0.239 e. The van der Waals surface area contributed by atoms with Crippen molar-refractivity contribution in [1.82, 2.24) is 9.88 Å². The van der Waals surface area contributed by atoms with Gasteiger partial charge in [0.25, 0.3) is 0 Å². The summed E-state index contributed by atoms with van der Waals surface area (Å²) in [7, 11) is 0. The second-order valence-electron chi connectivity index (χ2n) is 7.57. The maximum absolute atomic E-state index is 12.6. The number of carbonyl (C=O) groups is 1. The number of likely N-dealkylation sites (tertiary alicyclic amines) is 1. The third-order valence-electron chi connectivity index (χ3n) is 5.67. The molecule has 132 valence electrons. The molecule has 1 saturated heterocycles. The van der Waals surface area contributed by atoms with E-state index < -0.39 is 11.6 Å². The highest BCUT2D eigenvalue weighted by atomic mass is 16.3. The van der Waals surface area contributed by atoms with E-state index in [2.05, 4.69) is 4.98 Å². The zero-order valence-electron chi connectivity index (χ0n) is 14.6. The van der Waals surface area contributed by atoms with Crippen LogP contribution in [-0.4, -0.2) is 40.0 Å². The molecule has 1 amide bonds. The molecule has 5 heteroatoms. The molecule has 0 aromatic carbocycles. The van der Waals surface area contributed by atoms with Gasteiger partial charge in [-0.25, -0.2) is 0 Å². The number of aryl methyl sites for hydroxylation is 1. The number of hydrogen-bond donors (Lipinski definition) is 2. The van der Waals surface area contributed by atoms with Gasteiger partial charge in [-0.05, 0) is 43.7 Å². The van der Waals surface area contributed by atoms with Gasteiger partial charge in [0, 0.05) is 19.3 Å². The van der Waals surface area contributed by atoms with E-state index in [1.807, 2.05) is 24.0 Å². The van der Waals surface area contributed by atoms with Gasteiger partial charge in [0.15, 0.2) is 0 Å². The molecule has 1 aromatic heterocycles. The maximum atomic E-state index is 12.6. The molecular weight excluding hydrogens is 302 g/mol. The average Bonchev–Trinajstić information content (AvgIpc) is 3.08. The highest BCUT2D eigenvalue weighted by Crippen LogP contribution is 2.32. The van der Waals surface area contributed by atoms with E-state index in [0.717, 1.165) is 12.0 Å². The predicted molar refractivity (Wildman–Crippen MR) is 93.2 cm³/mol. The first-order valence-electron chi connectivity index (χ1n) is 9.18. The summed E-state index contributed by atoms with van der Waals surface area (Å²) in [5.41, 5.74) is 7.01. The van der Waals surface area contributed by atoms with Crippen molar-refractivity contribution in [2.45, 2.75) is 63.5 Å². The van der Waals surface area contributed by atoms with E-state index in [0.29, 0.717) is 37.5 Å². The van der Waals surface area contributed by atoms with Gasteiger partial charge in [0.05, 0.1) is 11.7 Å². The fourth-order valence-corrected chi connectivity index (χ4v) is 4.04. The monoisotopic (exact) mass is 331 g/mol. The number of aromatic nitrogens is 1. The molecule has 3 rings (SSSR count). The summed E-state index contributed by atoms with van der Waals surface area (Å²) in [6.45, 7) is 3.07. The van der Waals surface area contributed by atoms with Crippen molar-refractivity contribution in [3.8, 4) is 0 Å². The van der Waals surface area contributed by atoms with E-state index in [-0.39, 0.29) is 5.91 Å². The number of hydrogen-bond acceptors (Lipinski definition) is 4. The summed E-state index contributed by atoms with van der Waals surface area (Å²) < 4.78 is 0. The van der Waals surface area contributed by atoms with Crippen molar-refractivity contribution < 1.29 is 9.90 Å². The summed E-state index contributed by atoms with van der Waals surface area (Å²) in [5.74, 6) is 0.656. The lowest BCUT2D eigenvalue weighted by Crippen LogP contribution is -2.51. The second-order valence-corrected chi connectivity index (χ2v) is 7.57. The Bertz CT molecular complexity index is 558. The number of nitrogens with two attached hydrogens (primary N) is 1. The number of carbonyl (C=O) groups excluding carboxylic acids is 1. The summed E-state index contributed by atoms with van der Waals surface area (Å²) in [5, 5.41) is 10.9. The van der Waals surface area contributed by atoms with Gasteiger partial charge in [-0.1, -0.05) is 31.7 Å². The number of aliphatic hydroxyl groups is 1. The zero-order valence-corrected chi connectivity index (χ0v) is 14.6. The van der Waals surface area contributed by atoms with Crippen molar-refractivity contribution in [2.75, 3.05) is 13.1 Å². The van der Waals surface area contributed by atoms with E-state index >= 15 is 0 Å².